The van der Waals surface area contributed by atoms with Crippen LogP contribution in [0.3, 0.4) is 0 Å². The molecule has 1 aliphatic heterocycles. The van der Waals surface area contributed by atoms with Crippen molar-refractivity contribution in [2.24, 2.45) is 11.8 Å². The topological polar surface area (TPSA) is 57.6 Å². The number of carboxylic acid groups (broad SMARTS) is 1. The molecule has 2 unspecified atom stereocenters. The van der Waals surface area contributed by atoms with E-state index in [1.54, 1.807) is 0 Å². The summed E-state index contributed by atoms with van der Waals surface area (Å²) in [5.41, 5.74) is 1.37. The number of carboxylic acids is 1. The lowest BCUT2D eigenvalue weighted by molar-refractivity contribution is -0.137. The van der Waals surface area contributed by atoms with E-state index >= 15 is 0 Å². The van der Waals surface area contributed by atoms with Crippen LogP contribution in [0.1, 0.15) is 39.5 Å². The number of allylic oxidation sites excluding steroid dienone is 3. The van der Waals surface area contributed by atoms with Crippen LogP contribution in [0.15, 0.2) is 22.6 Å². The molecule has 22 heavy (non-hydrogen) atoms. The van der Waals surface area contributed by atoms with Gasteiger partial charge in [0.1, 0.15) is 4.32 Å². The molecule has 1 saturated heterocycles. The maximum absolute atomic E-state index is 12.4. The quantitative estimate of drug-likeness (QED) is 0.471. The van der Waals surface area contributed by atoms with Gasteiger partial charge in [0.05, 0.1) is 4.91 Å². The molecule has 0 saturated carbocycles. The second kappa shape index (κ2) is 7.42. The molecule has 120 valence electrons. The van der Waals surface area contributed by atoms with Crippen molar-refractivity contribution in [3.8, 4) is 0 Å². The Labute approximate surface area is 140 Å². The van der Waals surface area contributed by atoms with Crippen LogP contribution in [0.2, 0.25) is 0 Å². The van der Waals surface area contributed by atoms with Crippen LogP contribution in [-0.4, -0.2) is 32.7 Å². The number of carbonyl (C=O) groups is 2. The van der Waals surface area contributed by atoms with Gasteiger partial charge in [0.15, 0.2) is 0 Å². The Bertz CT molecular complexity index is 554. The molecular formula is C16H21NO3S2. The van der Waals surface area contributed by atoms with Crippen molar-refractivity contribution in [2.45, 2.75) is 39.5 Å². The summed E-state index contributed by atoms with van der Waals surface area (Å²) in [4.78, 5) is 25.2. The Morgan fingerprint density at radius 3 is 2.95 bits per heavy atom. The van der Waals surface area contributed by atoms with Gasteiger partial charge in [-0.25, -0.2) is 0 Å². The zero-order valence-electron chi connectivity index (χ0n) is 12.9. The van der Waals surface area contributed by atoms with E-state index in [1.807, 2.05) is 0 Å². The van der Waals surface area contributed by atoms with Gasteiger partial charge < -0.3 is 5.11 Å². The van der Waals surface area contributed by atoms with Crippen LogP contribution in [0.4, 0.5) is 0 Å². The van der Waals surface area contributed by atoms with Gasteiger partial charge in [-0.15, -0.1) is 0 Å². The summed E-state index contributed by atoms with van der Waals surface area (Å²) in [5.74, 6) is 0.00336. The number of rotatable bonds is 5. The van der Waals surface area contributed by atoms with Crippen molar-refractivity contribution in [1.29, 1.82) is 0 Å². The highest BCUT2D eigenvalue weighted by atomic mass is 32.2. The number of hydrogen-bond acceptors (Lipinski definition) is 4. The smallest absolute Gasteiger partial charge is 0.303 e. The second-order valence-corrected chi connectivity index (χ2v) is 7.72. The van der Waals surface area contributed by atoms with Crippen LogP contribution in [0.25, 0.3) is 0 Å². The molecule has 0 radical (unpaired) electrons. The lowest BCUT2D eigenvalue weighted by Gasteiger charge is -2.23. The molecule has 1 heterocycles. The predicted molar refractivity (Wildman–Crippen MR) is 92.5 cm³/mol. The normalized spacial score (nSPS) is 27.5. The summed E-state index contributed by atoms with van der Waals surface area (Å²) >= 11 is 6.59. The van der Waals surface area contributed by atoms with E-state index in [9.17, 15) is 9.59 Å². The molecule has 1 fully saturated rings. The van der Waals surface area contributed by atoms with Crippen LogP contribution in [0.5, 0.6) is 0 Å². The van der Waals surface area contributed by atoms with Crippen molar-refractivity contribution < 1.29 is 14.7 Å². The number of aliphatic carboxylic acids is 1. The molecule has 2 aliphatic rings. The van der Waals surface area contributed by atoms with Gasteiger partial charge in [-0.05, 0) is 38.0 Å². The molecule has 0 aromatic heterocycles. The maximum atomic E-state index is 12.4. The molecule has 2 rings (SSSR count). The fourth-order valence-electron chi connectivity index (χ4n) is 3.03. The second-order valence-electron chi connectivity index (χ2n) is 6.04. The molecule has 4 nitrogen and oxygen atoms in total. The summed E-state index contributed by atoms with van der Waals surface area (Å²) in [6, 6.07) is 0. The maximum Gasteiger partial charge on any atom is 0.303 e. The molecule has 2 atom stereocenters. The van der Waals surface area contributed by atoms with Crippen LogP contribution >= 0.6 is 24.0 Å². The Balaban J connectivity index is 2.00. The third kappa shape index (κ3) is 4.43. The highest BCUT2D eigenvalue weighted by molar-refractivity contribution is 8.26. The van der Waals surface area contributed by atoms with Gasteiger partial charge in [-0.2, -0.15) is 0 Å². The van der Waals surface area contributed by atoms with Crippen LogP contribution < -0.4 is 0 Å². The van der Waals surface area contributed by atoms with Crippen molar-refractivity contribution >= 4 is 40.2 Å². The van der Waals surface area contributed by atoms with Crippen molar-refractivity contribution in [1.82, 2.24) is 4.90 Å². The van der Waals surface area contributed by atoms with E-state index in [0.29, 0.717) is 34.0 Å². The van der Waals surface area contributed by atoms with Gasteiger partial charge >= 0.3 is 5.97 Å². The molecule has 0 aromatic carbocycles. The third-order valence-electron chi connectivity index (χ3n) is 3.86. The first-order valence-electron chi connectivity index (χ1n) is 7.51. The Kier molecular flexibility index (Phi) is 5.81. The van der Waals surface area contributed by atoms with Crippen LogP contribution in [0, 0.1) is 11.8 Å². The molecule has 0 bridgehead atoms. The SMILES string of the molecule is CC1=CC(C)CC(/C=C2\SC(=S)N(CCCC(=O)O)C2=O)C1. The highest BCUT2D eigenvalue weighted by Gasteiger charge is 2.32. The first kappa shape index (κ1) is 17.2. The van der Waals surface area contributed by atoms with Gasteiger partial charge in [0.2, 0.25) is 0 Å². The molecule has 1 aliphatic carbocycles. The van der Waals surface area contributed by atoms with Crippen LogP contribution in [-0.2, 0) is 9.59 Å². The van der Waals surface area contributed by atoms with E-state index in [4.69, 9.17) is 17.3 Å². The zero-order chi connectivity index (χ0) is 16.3. The first-order chi connectivity index (χ1) is 10.4. The lowest BCUT2D eigenvalue weighted by atomic mass is 9.83. The molecular weight excluding hydrogens is 318 g/mol. The summed E-state index contributed by atoms with van der Waals surface area (Å²) < 4.78 is 0.540. The number of hydrogen-bond donors (Lipinski definition) is 1. The highest BCUT2D eigenvalue weighted by Crippen LogP contribution is 2.36. The minimum Gasteiger partial charge on any atom is -0.481 e. The summed E-state index contributed by atoms with van der Waals surface area (Å²) in [7, 11) is 0. The zero-order valence-corrected chi connectivity index (χ0v) is 14.5. The Morgan fingerprint density at radius 1 is 1.59 bits per heavy atom. The largest absolute Gasteiger partial charge is 0.481 e. The molecule has 0 aromatic rings. The van der Waals surface area contributed by atoms with E-state index in [1.165, 1.54) is 22.2 Å². The van der Waals surface area contributed by atoms with E-state index in [0.717, 1.165) is 12.8 Å². The standard InChI is InChI=1S/C16H21NO3S2/c1-10-6-11(2)8-12(7-10)9-13-15(20)17(16(21)22-13)5-3-4-14(18)19/h6,9-10,12H,3-5,7-8H2,1-2H3,(H,18,19)/b13-9-. The van der Waals surface area contributed by atoms with E-state index in [-0.39, 0.29) is 12.3 Å². The average Bonchev–Trinajstić information content (AvgIpc) is 2.64. The van der Waals surface area contributed by atoms with Crippen molar-refractivity contribution in [2.75, 3.05) is 6.54 Å². The van der Waals surface area contributed by atoms with Gasteiger partial charge in [-0.1, -0.05) is 48.6 Å². The third-order valence-corrected chi connectivity index (χ3v) is 5.26. The Morgan fingerprint density at radius 2 is 2.32 bits per heavy atom. The fourth-order valence-corrected chi connectivity index (χ4v) is 4.41. The van der Waals surface area contributed by atoms with Gasteiger partial charge in [-0.3, -0.25) is 14.5 Å². The fraction of sp³-hybridized carbons (Fsp3) is 0.562. The molecule has 0 spiro atoms. The summed E-state index contributed by atoms with van der Waals surface area (Å²) in [5, 5.41) is 8.68. The Hall–Kier alpha value is -1.14. The molecule has 1 amide bonds. The number of carbonyl (C=O) groups excluding carboxylic acids is 1. The monoisotopic (exact) mass is 339 g/mol. The number of amides is 1. The minimum atomic E-state index is -0.848. The predicted octanol–water partition coefficient (Wildman–Crippen LogP) is 3.59. The van der Waals surface area contributed by atoms with Crippen molar-refractivity contribution in [3.63, 3.8) is 0 Å². The average molecular weight is 339 g/mol. The number of thiocarbonyl (C=S) groups is 1. The number of nitrogens with zero attached hydrogens (tertiary/aromatic N) is 1. The van der Waals surface area contributed by atoms with E-state index < -0.39 is 5.97 Å². The first-order valence-corrected chi connectivity index (χ1v) is 8.74. The minimum absolute atomic E-state index is 0.0558. The van der Waals surface area contributed by atoms with E-state index in [2.05, 4.69) is 26.0 Å². The lowest BCUT2D eigenvalue weighted by Crippen LogP contribution is -2.29. The molecule has 6 heteroatoms. The summed E-state index contributed by atoms with van der Waals surface area (Å²) in [6.45, 7) is 4.71. The van der Waals surface area contributed by atoms with Gasteiger partial charge in [0.25, 0.3) is 5.91 Å². The number of thioether (sulfide) groups is 1. The molecule has 1 N–H and O–H groups in total. The summed E-state index contributed by atoms with van der Waals surface area (Å²) in [6.07, 6.45) is 6.89. The van der Waals surface area contributed by atoms with Crippen molar-refractivity contribution in [3.05, 3.63) is 22.6 Å². The van der Waals surface area contributed by atoms with Gasteiger partial charge in [0, 0.05) is 13.0 Å².